The second-order valence-electron chi connectivity index (χ2n) is 2.75. The molecular weight excluding hydrogens is 210 g/mol. The standard InChI is InChI=1S/C9H14F2O4/c1-2-15-9(13)4-3-7(12)5-14-6-8(10)11/h8H,2-6H2,1H3. The molecular formula is C9H14F2O4. The summed E-state index contributed by atoms with van der Waals surface area (Å²) < 4.78 is 32.2. The normalized spacial score (nSPS) is 10.4. The second-order valence-corrected chi connectivity index (χ2v) is 2.75. The molecule has 0 bridgehead atoms. The van der Waals surface area contributed by atoms with Crippen LogP contribution in [0.5, 0.6) is 0 Å². The van der Waals surface area contributed by atoms with Crippen molar-refractivity contribution in [1.29, 1.82) is 0 Å². The van der Waals surface area contributed by atoms with Gasteiger partial charge in [-0.15, -0.1) is 0 Å². The Morgan fingerprint density at radius 1 is 1.27 bits per heavy atom. The molecule has 0 amide bonds. The summed E-state index contributed by atoms with van der Waals surface area (Å²) >= 11 is 0. The maximum atomic E-state index is 11.6. The van der Waals surface area contributed by atoms with Crippen molar-refractivity contribution in [3.8, 4) is 0 Å². The number of ketones is 1. The molecule has 0 saturated heterocycles. The van der Waals surface area contributed by atoms with E-state index in [-0.39, 0.29) is 31.8 Å². The smallest absolute Gasteiger partial charge is 0.306 e. The Kier molecular flexibility index (Phi) is 7.71. The molecule has 0 aromatic carbocycles. The molecule has 0 fully saturated rings. The van der Waals surface area contributed by atoms with Gasteiger partial charge in [-0.1, -0.05) is 0 Å². The van der Waals surface area contributed by atoms with Crippen LogP contribution in [-0.2, 0) is 19.1 Å². The molecule has 4 nitrogen and oxygen atoms in total. The Balaban J connectivity index is 3.45. The van der Waals surface area contributed by atoms with Gasteiger partial charge in [0.05, 0.1) is 13.0 Å². The fourth-order valence-electron chi connectivity index (χ4n) is 0.809. The van der Waals surface area contributed by atoms with E-state index in [0.717, 1.165) is 0 Å². The molecule has 0 N–H and O–H groups in total. The fraction of sp³-hybridized carbons (Fsp3) is 0.778. The number of halogens is 2. The number of Topliss-reactive ketones (excluding diaryl/α,β-unsaturated/α-hetero) is 1. The molecule has 0 aromatic heterocycles. The highest BCUT2D eigenvalue weighted by Crippen LogP contribution is 1.97. The van der Waals surface area contributed by atoms with Crippen molar-refractivity contribution in [3.05, 3.63) is 0 Å². The monoisotopic (exact) mass is 224 g/mol. The minimum Gasteiger partial charge on any atom is -0.466 e. The minimum atomic E-state index is -2.58. The van der Waals surface area contributed by atoms with Crippen LogP contribution in [0.3, 0.4) is 0 Å². The largest absolute Gasteiger partial charge is 0.466 e. The topological polar surface area (TPSA) is 52.6 Å². The van der Waals surface area contributed by atoms with Gasteiger partial charge in [0.1, 0.15) is 13.2 Å². The van der Waals surface area contributed by atoms with E-state index in [1.54, 1.807) is 6.92 Å². The van der Waals surface area contributed by atoms with Gasteiger partial charge in [0.25, 0.3) is 6.43 Å². The summed E-state index contributed by atoms with van der Waals surface area (Å²) in [5, 5.41) is 0. The minimum absolute atomic E-state index is 0.0370. The average molecular weight is 224 g/mol. The van der Waals surface area contributed by atoms with E-state index < -0.39 is 19.0 Å². The Morgan fingerprint density at radius 2 is 1.93 bits per heavy atom. The number of alkyl halides is 2. The third-order valence-corrected chi connectivity index (χ3v) is 1.42. The lowest BCUT2D eigenvalue weighted by Gasteiger charge is -2.03. The van der Waals surface area contributed by atoms with Gasteiger partial charge in [-0.05, 0) is 6.92 Å². The first-order valence-electron chi connectivity index (χ1n) is 4.59. The van der Waals surface area contributed by atoms with Crippen molar-refractivity contribution in [3.63, 3.8) is 0 Å². The van der Waals surface area contributed by atoms with E-state index in [0.29, 0.717) is 0 Å². The molecule has 0 atom stereocenters. The van der Waals surface area contributed by atoms with Crippen LogP contribution >= 0.6 is 0 Å². The van der Waals surface area contributed by atoms with E-state index in [9.17, 15) is 18.4 Å². The summed E-state index contributed by atoms with van der Waals surface area (Å²) in [7, 11) is 0. The Labute approximate surface area is 86.5 Å². The lowest BCUT2D eigenvalue weighted by atomic mass is 10.2. The third-order valence-electron chi connectivity index (χ3n) is 1.42. The van der Waals surface area contributed by atoms with Crippen molar-refractivity contribution in [2.24, 2.45) is 0 Å². The van der Waals surface area contributed by atoms with Gasteiger partial charge in [0.2, 0.25) is 0 Å². The molecule has 0 aliphatic rings. The van der Waals surface area contributed by atoms with Crippen LogP contribution in [0.1, 0.15) is 19.8 Å². The number of hydrogen-bond acceptors (Lipinski definition) is 4. The molecule has 0 radical (unpaired) electrons. The molecule has 0 aliphatic carbocycles. The lowest BCUT2D eigenvalue weighted by molar-refractivity contribution is -0.144. The van der Waals surface area contributed by atoms with Crippen LogP contribution in [0.4, 0.5) is 8.78 Å². The first-order chi connectivity index (χ1) is 7.06. The number of rotatable bonds is 8. The Morgan fingerprint density at radius 3 is 2.47 bits per heavy atom. The van der Waals surface area contributed by atoms with E-state index >= 15 is 0 Å². The van der Waals surface area contributed by atoms with Gasteiger partial charge in [-0.3, -0.25) is 9.59 Å². The molecule has 0 aromatic rings. The highest BCUT2D eigenvalue weighted by atomic mass is 19.3. The maximum absolute atomic E-state index is 11.6. The van der Waals surface area contributed by atoms with Crippen molar-refractivity contribution >= 4 is 11.8 Å². The van der Waals surface area contributed by atoms with Gasteiger partial charge < -0.3 is 9.47 Å². The molecule has 0 saturated carbocycles. The number of hydrogen-bond donors (Lipinski definition) is 0. The number of carbonyl (C=O) groups is 2. The summed E-state index contributed by atoms with van der Waals surface area (Å²) in [4.78, 5) is 21.7. The third kappa shape index (κ3) is 9.27. The van der Waals surface area contributed by atoms with E-state index in [2.05, 4.69) is 9.47 Å². The van der Waals surface area contributed by atoms with Crippen molar-refractivity contribution in [2.45, 2.75) is 26.2 Å². The van der Waals surface area contributed by atoms with Gasteiger partial charge in [0, 0.05) is 6.42 Å². The molecule has 0 heterocycles. The number of esters is 1. The molecule has 15 heavy (non-hydrogen) atoms. The van der Waals surface area contributed by atoms with Gasteiger partial charge in [-0.25, -0.2) is 8.78 Å². The summed E-state index contributed by atoms with van der Waals surface area (Å²) in [5.74, 6) is -0.858. The van der Waals surface area contributed by atoms with Crippen LogP contribution in [0.25, 0.3) is 0 Å². The summed E-state index contributed by atoms with van der Waals surface area (Å²) in [6, 6.07) is 0. The molecule has 0 aliphatic heterocycles. The van der Waals surface area contributed by atoms with Crippen LogP contribution in [-0.4, -0.2) is 38.0 Å². The first-order valence-corrected chi connectivity index (χ1v) is 4.59. The van der Waals surface area contributed by atoms with Gasteiger partial charge in [0.15, 0.2) is 5.78 Å². The van der Waals surface area contributed by atoms with Crippen molar-refractivity contribution in [1.82, 2.24) is 0 Å². The summed E-state index contributed by atoms with van der Waals surface area (Å²) in [6.07, 6.45) is -2.66. The maximum Gasteiger partial charge on any atom is 0.306 e. The predicted molar refractivity (Wildman–Crippen MR) is 47.7 cm³/mol. The SMILES string of the molecule is CCOC(=O)CCC(=O)COCC(F)F. The average Bonchev–Trinajstić information content (AvgIpc) is 2.14. The molecule has 0 unspecified atom stereocenters. The van der Waals surface area contributed by atoms with Gasteiger partial charge in [-0.2, -0.15) is 0 Å². The second kappa shape index (κ2) is 8.28. The Bertz CT molecular complexity index is 206. The summed E-state index contributed by atoms with van der Waals surface area (Å²) in [5.41, 5.74) is 0. The van der Waals surface area contributed by atoms with Crippen LogP contribution in [0.15, 0.2) is 0 Å². The molecule has 6 heteroatoms. The zero-order valence-electron chi connectivity index (χ0n) is 8.50. The number of ether oxygens (including phenoxy) is 2. The first kappa shape index (κ1) is 14.0. The Hall–Kier alpha value is -1.04. The van der Waals surface area contributed by atoms with E-state index in [1.165, 1.54) is 0 Å². The van der Waals surface area contributed by atoms with Crippen LogP contribution < -0.4 is 0 Å². The molecule has 88 valence electrons. The van der Waals surface area contributed by atoms with E-state index in [1.807, 2.05) is 0 Å². The highest BCUT2D eigenvalue weighted by Gasteiger charge is 2.09. The predicted octanol–water partition coefficient (Wildman–Crippen LogP) is 1.18. The number of carbonyl (C=O) groups excluding carboxylic acids is 2. The van der Waals surface area contributed by atoms with Crippen molar-refractivity contribution < 1.29 is 27.8 Å². The van der Waals surface area contributed by atoms with Crippen LogP contribution in [0.2, 0.25) is 0 Å². The zero-order valence-corrected chi connectivity index (χ0v) is 8.50. The zero-order chi connectivity index (χ0) is 11.7. The quantitative estimate of drug-likeness (QED) is 0.581. The highest BCUT2D eigenvalue weighted by molar-refractivity contribution is 5.83. The lowest BCUT2D eigenvalue weighted by Crippen LogP contribution is -2.15. The molecule has 0 rings (SSSR count). The van der Waals surface area contributed by atoms with Crippen LogP contribution in [0, 0.1) is 0 Å². The fourth-order valence-corrected chi connectivity index (χ4v) is 0.809. The van der Waals surface area contributed by atoms with Gasteiger partial charge >= 0.3 is 5.97 Å². The molecule has 0 spiro atoms. The van der Waals surface area contributed by atoms with E-state index in [4.69, 9.17) is 0 Å². The van der Waals surface area contributed by atoms with Crippen molar-refractivity contribution in [2.75, 3.05) is 19.8 Å². The summed E-state index contributed by atoms with van der Waals surface area (Å²) in [6.45, 7) is 0.773.